The molecule has 140 valence electrons. The van der Waals surface area contributed by atoms with E-state index >= 15 is 0 Å². The summed E-state index contributed by atoms with van der Waals surface area (Å²) in [6.45, 7) is 6.83. The largest absolute Gasteiger partial charge is 0.493 e. The molecule has 0 spiro atoms. The molecule has 0 radical (unpaired) electrons. The highest BCUT2D eigenvalue weighted by Gasteiger charge is 2.07. The van der Waals surface area contributed by atoms with Crippen molar-refractivity contribution in [1.29, 1.82) is 0 Å². The lowest BCUT2D eigenvalue weighted by atomic mass is 10.1. The molecule has 0 aliphatic heterocycles. The molecule has 4 heteroatoms. The third kappa shape index (κ3) is 6.49. The third-order valence-electron chi connectivity index (χ3n) is 4.26. The second kappa shape index (κ2) is 10.4. The molecule has 0 bridgehead atoms. The first kappa shape index (κ1) is 20.5. The molecular weight excluding hydrogens is 390 g/mol. The average molecular weight is 418 g/mol. The summed E-state index contributed by atoms with van der Waals surface area (Å²) in [6.07, 6.45) is 4.55. The number of hydrogen-bond donors (Lipinski definition) is 1. The predicted octanol–water partition coefficient (Wildman–Crippen LogP) is 6.21. The highest BCUT2D eigenvalue weighted by molar-refractivity contribution is 9.10. The number of carbonyl (C=O) groups is 1. The molecular formula is C22H28BrNO2. The number of benzene rings is 2. The van der Waals surface area contributed by atoms with Crippen LogP contribution in [0.2, 0.25) is 0 Å². The molecule has 2 aromatic rings. The Morgan fingerprint density at radius 3 is 2.62 bits per heavy atom. The average Bonchev–Trinajstić information content (AvgIpc) is 2.60. The van der Waals surface area contributed by atoms with Gasteiger partial charge >= 0.3 is 0 Å². The van der Waals surface area contributed by atoms with Crippen molar-refractivity contribution in [2.75, 3.05) is 11.9 Å². The minimum absolute atomic E-state index is 0.0104. The molecule has 0 heterocycles. The molecule has 0 saturated carbocycles. The summed E-state index contributed by atoms with van der Waals surface area (Å²) < 4.78 is 6.72. The first-order valence-corrected chi connectivity index (χ1v) is 10.1. The minimum atomic E-state index is 0.0104. The molecule has 0 unspecified atom stereocenters. The van der Waals surface area contributed by atoms with E-state index in [1.54, 1.807) is 0 Å². The van der Waals surface area contributed by atoms with Crippen LogP contribution in [0.3, 0.4) is 0 Å². The fourth-order valence-electron chi connectivity index (χ4n) is 2.79. The Morgan fingerprint density at radius 1 is 1.12 bits per heavy atom. The van der Waals surface area contributed by atoms with Crippen LogP contribution in [-0.4, -0.2) is 12.5 Å². The zero-order valence-corrected chi connectivity index (χ0v) is 17.5. The Morgan fingerprint density at radius 2 is 1.92 bits per heavy atom. The van der Waals surface area contributed by atoms with Gasteiger partial charge in [-0.1, -0.05) is 37.1 Å². The van der Waals surface area contributed by atoms with Crippen LogP contribution in [0.4, 0.5) is 5.69 Å². The number of nitrogens with one attached hydrogen (secondary N) is 1. The van der Waals surface area contributed by atoms with Crippen molar-refractivity contribution >= 4 is 27.5 Å². The van der Waals surface area contributed by atoms with Crippen molar-refractivity contribution in [3.63, 3.8) is 0 Å². The van der Waals surface area contributed by atoms with Gasteiger partial charge in [-0.15, -0.1) is 0 Å². The highest BCUT2D eigenvalue weighted by atomic mass is 79.9. The second-order valence-corrected chi connectivity index (χ2v) is 7.54. The maximum Gasteiger partial charge on any atom is 0.224 e. The Hall–Kier alpha value is -1.81. The van der Waals surface area contributed by atoms with Gasteiger partial charge in [-0.25, -0.2) is 0 Å². The maximum absolute atomic E-state index is 12.2. The molecule has 0 aliphatic rings. The summed E-state index contributed by atoms with van der Waals surface area (Å²) >= 11 is 3.55. The van der Waals surface area contributed by atoms with Crippen molar-refractivity contribution in [3.05, 3.63) is 57.6 Å². The summed E-state index contributed by atoms with van der Waals surface area (Å²) in [7, 11) is 0. The summed E-state index contributed by atoms with van der Waals surface area (Å²) in [6, 6.07) is 12.3. The van der Waals surface area contributed by atoms with Crippen LogP contribution in [0.1, 0.15) is 49.3 Å². The van der Waals surface area contributed by atoms with E-state index in [1.165, 1.54) is 24.0 Å². The van der Waals surface area contributed by atoms with Crippen LogP contribution in [0.15, 0.2) is 40.9 Å². The summed E-state index contributed by atoms with van der Waals surface area (Å²) in [5.74, 6) is 0.901. The van der Waals surface area contributed by atoms with Crippen molar-refractivity contribution in [1.82, 2.24) is 0 Å². The van der Waals surface area contributed by atoms with Crippen LogP contribution in [0.5, 0.6) is 5.75 Å². The van der Waals surface area contributed by atoms with Crippen molar-refractivity contribution in [3.8, 4) is 5.75 Å². The number of halogens is 1. The lowest BCUT2D eigenvalue weighted by molar-refractivity contribution is -0.116. The first-order chi connectivity index (χ1) is 12.5. The molecule has 1 N–H and O–H groups in total. The van der Waals surface area contributed by atoms with E-state index in [4.69, 9.17) is 4.74 Å². The van der Waals surface area contributed by atoms with Crippen molar-refractivity contribution < 1.29 is 9.53 Å². The third-order valence-corrected chi connectivity index (χ3v) is 4.92. The van der Waals surface area contributed by atoms with E-state index in [-0.39, 0.29) is 5.91 Å². The summed E-state index contributed by atoms with van der Waals surface area (Å²) in [5, 5.41) is 2.97. The van der Waals surface area contributed by atoms with Gasteiger partial charge in [0.05, 0.1) is 12.3 Å². The normalized spacial score (nSPS) is 10.6. The van der Waals surface area contributed by atoms with Crippen LogP contribution in [-0.2, 0) is 11.2 Å². The smallest absolute Gasteiger partial charge is 0.224 e. The fraction of sp³-hybridized carbons (Fsp3) is 0.409. The Balaban J connectivity index is 1.76. The van der Waals surface area contributed by atoms with E-state index < -0.39 is 0 Å². The second-order valence-electron chi connectivity index (χ2n) is 6.69. The topological polar surface area (TPSA) is 38.3 Å². The Labute approximate surface area is 165 Å². The van der Waals surface area contributed by atoms with Crippen LogP contribution in [0.25, 0.3) is 0 Å². The van der Waals surface area contributed by atoms with Crippen molar-refractivity contribution in [2.24, 2.45) is 0 Å². The monoisotopic (exact) mass is 417 g/mol. The quantitative estimate of drug-likeness (QED) is 0.492. The van der Waals surface area contributed by atoms with Crippen LogP contribution in [0, 0.1) is 13.8 Å². The van der Waals surface area contributed by atoms with Crippen LogP contribution < -0.4 is 10.1 Å². The number of carbonyl (C=O) groups excluding carboxylic acids is 1. The summed E-state index contributed by atoms with van der Waals surface area (Å²) in [5.41, 5.74) is 4.46. The number of unbranched alkanes of at least 4 members (excludes halogenated alkanes) is 1. The van der Waals surface area contributed by atoms with Gasteiger partial charge in [0.15, 0.2) is 0 Å². The molecule has 0 atom stereocenters. The standard InChI is InChI=1S/C22H28BrNO2/c1-4-5-7-18-10-11-20(19(23)15-18)24-22(25)8-6-13-26-21-12-9-16(2)14-17(21)3/h9-12,14-15H,4-8,13H2,1-3H3,(H,24,25). The molecule has 0 aromatic heterocycles. The number of hydrogen-bond acceptors (Lipinski definition) is 2. The molecule has 0 fully saturated rings. The first-order valence-electron chi connectivity index (χ1n) is 9.28. The van der Waals surface area contributed by atoms with E-state index in [2.05, 4.69) is 53.3 Å². The van der Waals surface area contributed by atoms with E-state index in [0.717, 1.165) is 27.9 Å². The summed E-state index contributed by atoms with van der Waals surface area (Å²) in [4.78, 5) is 12.2. The van der Waals surface area contributed by atoms with E-state index in [9.17, 15) is 4.79 Å². The van der Waals surface area contributed by atoms with Gasteiger partial charge in [0.2, 0.25) is 5.91 Å². The lowest BCUT2D eigenvalue weighted by Gasteiger charge is -2.11. The Kier molecular flexibility index (Phi) is 8.17. The van der Waals surface area contributed by atoms with Gasteiger partial charge < -0.3 is 10.1 Å². The molecule has 2 rings (SSSR count). The van der Waals surface area contributed by atoms with Gasteiger partial charge in [-0.3, -0.25) is 4.79 Å². The van der Waals surface area contributed by atoms with Gasteiger partial charge in [0.1, 0.15) is 5.75 Å². The molecule has 0 saturated heterocycles. The molecule has 2 aromatic carbocycles. The van der Waals surface area contributed by atoms with E-state index in [1.807, 2.05) is 25.1 Å². The molecule has 0 aliphatic carbocycles. The number of amides is 1. The molecule has 1 amide bonds. The fourth-order valence-corrected chi connectivity index (χ4v) is 3.31. The van der Waals surface area contributed by atoms with Gasteiger partial charge in [0.25, 0.3) is 0 Å². The van der Waals surface area contributed by atoms with Gasteiger partial charge in [-0.05, 0) is 78.4 Å². The minimum Gasteiger partial charge on any atom is -0.493 e. The zero-order chi connectivity index (χ0) is 18.9. The number of aryl methyl sites for hydroxylation is 3. The van der Waals surface area contributed by atoms with Gasteiger partial charge in [0, 0.05) is 10.9 Å². The highest BCUT2D eigenvalue weighted by Crippen LogP contribution is 2.25. The number of ether oxygens (including phenoxy) is 1. The van der Waals surface area contributed by atoms with Gasteiger partial charge in [-0.2, -0.15) is 0 Å². The predicted molar refractivity (Wildman–Crippen MR) is 112 cm³/mol. The van der Waals surface area contributed by atoms with E-state index in [0.29, 0.717) is 19.4 Å². The zero-order valence-electron chi connectivity index (χ0n) is 15.9. The van der Waals surface area contributed by atoms with Crippen molar-refractivity contribution in [2.45, 2.75) is 52.9 Å². The molecule has 26 heavy (non-hydrogen) atoms. The Bertz CT molecular complexity index is 743. The SMILES string of the molecule is CCCCc1ccc(NC(=O)CCCOc2ccc(C)cc2C)c(Br)c1. The number of rotatable bonds is 9. The maximum atomic E-state index is 12.2. The molecule has 3 nitrogen and oxygen atoms in total. The number of anilines is 1. The van der Waals surface area contributed by atoms with Crippen LogP contribution >= 0.6 is 15.9 Å². The lowest BCUT2D eigenvalue weighted by Crippen LogP contribution is -2.13.